The molecule has 5 heteroatoms. The summed E-state index contributed by atoms with van der Waals surface area (Å²) in [5.74, 6) is 0.212. The largest absolute Gasteiger partial charge is 0.505 e. The van der Waals surface area contributed by atoms with Crippen molar-refractivity contribution in [3.8, 4) is 5.75 Å². The van der Waals surface area contributed by atoms with Crippen LogP contribution in [0.4, 0.5) is 0 Å². The molecule has 0 bridgehead atoms. The molecule has 0 unspecified atom stereocenters. The van der Waals surface area contributed by atoms with Gasteiger partial charge in [0.25, 0.3) is 0 Å². The van der Waals surface area contributed by atoms with Gasteiger partial charge in [-0.2, -0.15) is 0 Å². The first-order valence-electron chi connectivity index (χ1n) is 4.56. The monoisotopic (exact) mass is 226 g/mol. The SMILES string of the molecule is CN(C)C(Sc1ncccc1O)=[N+](C)C. The summed E-state index contributed by atoms with van der Waals surface area (Å²) in [6.45, 7) is 0. The predicted molar refractivity (Wildman–Crippen MR) is 62.6 cm³/mol. The number of amidine groups is 1. The van der Waals surface area contributed by atoms with Gasteiger partial charge in [-0.15, -0.1) is 0 Å². The second kappa shape index (κ2) is 5.02. The summed E-state index contributed by atoms with van der Waals surface area (Å²) in [5, 5.41) is 11.2. The standard InChI is InChI=1S/C10H15N3OS/c1-12(2)10(13(3)4)15-9-8(14)6-5-7-11-9/h5-7H,1-4H3/p+1. The Balaban J connectivity index is 2.95. The maximum atomic E-state index is 9.59. The van der Waals surface area contributed by atoms with Crippen LogP contribution in [0.3, 0.4) is 0 Å². The quantitative estimate of drug-likeness (QED) is 0.336. The Morgan fingerprint density at radius 2 is 2.13 bits per heavy atom. The summed E-state index contributed by atoms with van der Waals surface area (Å²) in [6, 6.07) is 3.35. The fourth-order valence-electron chi connectivity index (χ4n) is 1.13. The van der Waals surface area contributed by atoms with Gasteiger partial charge in [0.1, 0.15) is 10.8 Å². The van der Waals surface area contributed by atoms with Gasteiger partial charge >= 0.3 is 5.17 Å². The zero-order valence-corrected chi connectivity index (χ0v) is 10.2. The van der Waals surface area contributed by atoms with Crippen LogP contribution in [0.15, 0.2) is 23.4 Å². The number of pyridine rings is 1. The third-order valence-electron chi connectivity index (χ3n) is 1.70. The van der Waals surface area contributed by atoms with Gasteiger partial charge in [-0.1, -0.05) is 0 Å². The Kier molecular flexibility index (Phi) is 3.96. The van der Waals surface area contributed by atoms with Crippen LogP contribution in [0.25, 0.3) is 0 Å². The summed E-state index contributed by atoms with van der Waals surface area (Å²) >= 11 is 1.44. The Morgan fingerprint density at radius 3 is 2.60 bits per heavy atom. The molecule has 0 fully saturated rings. The lowest BCUT2D eigenvalue weighted by Gasteiger charge is -2.10. The summed E-state index contributed by atoms with van der Waals surface area (Å²) in [7, 11) is 7.84. The number of hydrogen-bond donors (Lipinski definition) is 1. The summed E-state index contributed by atoms with van der Waals surface area (Å²) < 4.78 is 1.98. The Labute approximate surface area is 94.3 Å². The molecule has 1 N–H and O–H groups in total. The molecule has 1 aromatic heterocycles. The Hall–Kier alpha value is -1.23. The first-order chi connectivity index (χ1) is 7.02. The number of thioether (sulfide) groups is 1. The summed E-state index contributed by atoms with van der Waals surface area (Å²) in [5.41, 5.74) is 0. The second-order valence-corrected chi connectivity index (χ2v) is 4.46. The Bertz CT molecular complexity index is 373. The molecule has 0 saturated carbocycles. The van der Waals surface area contributed by atoms with Crippen LogP contribution in [0.5, 0.6) is 5.75 Å². The molecule has 4 nitrogen and oxygen atoms in total. The summed E-state index contributed by atoms with van der Waals surface area (Å²) in [4.78, 5) is 6.11. The molecule has 1 aromatic rings. The van der Waals surface area contributed by atoms with Crippen LogP contribution in [-0.2, 0) is 0 Å². The fraction of sp³-hybridized carbons (Fsp3) is 0.400. The number of aromatic nitrogens is 1. The molecule has 1 rings (SSSR count). The normalized spacial score (nSPS) is 9.87. The van der Waals surface area contributed by atoms with Crippen molar-refractivity contribution in [2.45, 2.75) is 5.03 Å². The zero-order valence-electron chi connectivity index (χ0n) is 9.43. The number of hydrogen-bond acceptors (Lipinski definition) is 3. The van der Waals surface area contributed by atoms with E-state index in [1.807, 2.05) is 37.7 Å². The molecule has 0 atom stereocenters. The van der Waals surface area contributed by atoms with Crippen LogP contribution in [-0.4, -0.2) is 52.9 Å². The van der Waals surface area contributed by atoms with Crippen molar-refractivity contribution in [3.63, 3.8) is 0 Å². The minimum atomic E-state index is 0.212. The highest BCUT2D eigenvalue weighted by atomic mass is 32.2. The van der Waals surface area contributed by atoms with Crippen LogP contribution >= 0.6 is 11.8 Å². The lowest BCUT2D eigenvalue weighted by atomic mass is 10.5. The maximum absolute atomic E-state index is 9.59. The van der Waals surface area contributed by atoms with Crippen molar-refractivity contribution in [2.24, 2.45) is 0 Å². The van der Waals surface area contributed by atoms with E-state index in [0.29, 0.717) is 5.03 Å². The highest BCUT2D eigenvalue weighted by molar-refractivity contribution is 8.13. The van der Waals surface area contributed by atoms with E-state index in [1.165, 1.54) is 11.8 Å². The predicted octanol–water partition coefficient (Wildman–Crippen LogP) is 1.07. The van der Waals surface area contributed by atoms with Crippen molar-refractivity contribution in [3.05, 3.63) is 18.3 Å². The van der Waals surface area contributed by atoms with Gasteiger partial charge in [-0.25, -0.2) is 4.98 Å². The van der Waals surface area contributed by atoms with Gasteiger partial charge in [0, 0.05) is 18.0 Å². The molecular weight excluding hydrogens is 210 g/mol. The van der Waals surface area contributed by atoms with Crippen molar-refractivity contribution < 1.29 is 9.68 Å². The van der Waals surface area contributed by atoms with E-state index in [9.17, 15) is 5.11 Å². The molecular formula is C10H16N3OS+. The lowest BCUT2D eigenvalue weighted by molar-refractivity contribution is -0.466. The van der Waals surface area contributed by atoms with Crippen LogP contribution in [0, 0.1) is 0 Å². The number of rotatable bonds is 1. The van der Waals surface area contributed by atoms with Gasteiger partial charge in [-0.3, -0.25) is 9.48 Å². The molecule has 0 saturated heterocycles. The number of nitrogens with zero attached hydrogens (tertiary/aromatic N) is 3. The fourth-order valence-corrected chi connectivity index (χ4v) is 1.95. The van der Waals surface area contributed by atoms with E-state index < -0.39 is 0 Å². The topological polar surface area (TPSA) is 39.4 Å². The zero-order chi connectivity index (χ0) is 11.4. The van der Waals surface area contributed by atoms with Crippen molar-refractivity contribution in [2.75, 3.05) is 28.2 Å². The average Bonchev–Trinajstić information content (AvgIpc) is 2.15. The molecule has 0 spiro atoms. The Morgan fingerprint density at radius 1 is 1.47 bits per heavy atom. The van der Waals surface area contributed by atoms with E-state index in [2.05, 4.69) is 4.98 Å². The van der Waals surface area contributed by atoms with Crippen LogP contribution in [0.1, 0.15) is 0 Å². The van der Waals surface area contributed by atoms with E-state index in [1.54, 1.807) is 18.3 Å². The van der Waals surface area contributed by atoms with E-state index in [-0.39, 0.29) is 5.75 Å². The molecule has 0 aromatic carbocycles. The minimum Gasteiger partial charge on any atom is -0.505 e. The lowest BCUT2D eigenvalue weighted by Crippen LogP contribution is -2.26. The van der Waals surface area contributed by atoms with Crippen molar-refractivity contribution >= 4 is 16.9 Å². The average molecular weight is 226 g/mol. The molecule has 0 aliphatic heterocycles. The molecule has 0 radical (unpaired) electrons. The number of aromatic hydroxyl groups is 1. The van der Waals surface area contributed by atoms with Crippen molar-refractivity contribution in [1.82, 2.24) is 9.88 Å². The molecule has 0 amide bonds. The smallest absolute Gasteiger partial charge is 0.313 e. The van der Waals surface area contributed by atoms with E-state index in [0.717, 1.165) is 5.17 Å². The second-order valence-electron chi connectivity index (χ2n) is 3.50. The first-order valence-corrected chi connectivity index (χ1v) is 5.37. The maximum Gasteiger partial charge on any atom is 0.313 e. The van der Waals surface area contributed by atoms with Crippen LogP contribution in [0.2, 0.25) is 0 Å². The third-order valence-corrected chi connectivity index (χ3v) is 3.12. The highest BCUT2D eigenvalue weighted by Crippen LogP contribution is 2.26. The van der Waals surface area contributed by atoms with Gasteiger partial charge in [-0.05, 0) is 12.1 Å². The molecule has 0 aliphatic rings. The third kappa shape index (κ3) is 3.13. The minimum absolute atomic E-state index is 0.212. The molecule has 0 aliphatic carbocycles. The van der Waals surface area contributed by atoms with E-state index in [4.69, 9.17) is 0 Å². The molecule has 15 heavy (non-hydrogen) atoms. The van der Waals surface area contributed by atoms with Crippen molar-refractivity contribution in [1.29, 1.82) is 0 Å². The molecule has 1 heterocycles. The van der Waals surface area contributed by atoms with Gasteiger partial charge in [0.05, 0.1) is 28.2 Å². The van der Waals surface area contributed by atoms with Gasteiger partial charge in [0.15, 0.2) is 0 Å². The van der Waals surface area contributed by atoms with E-state index >= 15 is 0 Å². The molecule has 82 valence electrons. The van der Waals surface area contributed by atoms with Gasteiger partial charge in [0.2, 0.25) is 0 Å². The summed E-state index contributed by atoms with van der Waals surface area (Å²) in [6.07, 6.45) is 1.67. The first kappa shape index (κ1) is 11.8. The van der Waals surface area contributed by atoms with Gasteiger partial charge < -0.3 is 5.11 Å². The van der Waals surface area contributed by atoms with Crippen LogP contribution < -0.4 is 0 Å². The highest BCUT2D eigenvalue weighted by Gasteiger charge is 2.16.